The van der Waals surface area contributed by atoms with Gasteiger partial charge in [-0.05, 0) is 13.1 Å². The molecular weight excluding hydrogens is 148 g/mol. The van der Waals surface area contributed by atoms with Gasteiger partial charge in [-0.1, -0.05) is 19.4 Å². The molecule has 0 aromatic heterocycles. The van der Waals surface area contributed by atoms with Crippen LogP contribution in [-0.2, 0) is 4.79 Å². The number of likely N-dealkylation sites (N-methyl/N-ethyl adjacent to an activating group) is 1. The number of nitrogens with one attached hydrogen (secondary N) is 1. The van der Waals surface area contributed by atoms with E-state index in [0.29, 0.717) is 6.54 Å². The second-order valence-electron chi connectivity index (χ2n) is 1.88. The minimum atomic E-state index is -0.143. The average Bonchev–Trinajstić information content (AvgIpc) is 1.87. The summed E-state index contributed by atoms with van der Waals surface area (Å²) in [6.45, 7) is 4.64. The van der Waals surface area contributed by atoms with Gasteiger partial charge in [0.25, 0.3) is 0 Å². The second-order valence-corrected chi connectivity index (χ2v) is 2.56. The summed E-state index contributed by atoms with van der Waals surface area (Å²) in [5.74, 6) is -0.143. The maximum absolute atomic E-state index is 10.5. The number of amides is 1. The lowest BCUT2D eigenvalue weighted by molar-refractivity contribution is -0.116. The van der Waals surface area contributed by atoms with Crippen molar-refractivity contribution in [2.24, 2.45) is 0 Å². The molecular formula is C6H12N2OS. The van der Waals surface area contributed by atoms with E-state index >= 15 is 0 Å². The van der Waals surface area contributed by atoms with Gasteiger partial charge in [-0.15, -0.1) is 0 Å². The highest BCUT2D eigenvalue weighted by Gasteiger charge is 1.92. The van der Waals surface area contributed by atoms with E-state index in [-0.39, 0.29) is 5.91 Å². The third-order valence-corrected chi connectivity index (χ3v) is 1.12. The molecule has 0 aromatic carbocycles. The molecule has 0 aliphatic rings. The zero-order chi connectivity index (χ0) is 7.98. The van der Waals surface area contributed by atoms with E-state index in [2.05, 4.69) is 24.7 Å². The van der Waals surface area contributed by atoms with E-state index in [1.54, 1.807) is 4.31 Å². The number of carbonyl (C=O) groups excluding carboxylic acids is 1. The maximum Gasteiger partial charge on any atom is 0.243 e. The van der Waals surface area contributed by atoms with Crippen LogP contribution in [0.25, 0.3) is 0 Å². The molecule has 0 atom stereocenters. The first kappa shape index (κ1) is 9.52. The molecule has 58 valence electrons. The third kappa shape index (κ3) is 5.65. The van der Waals surface area contributed by atoms with E-state index < -0.39 is 0 Å². The first-order valence-corrected chi connectivity index (χ1v) is 3.37. The Balaban J connectivity index is 3.19. The monoisotopic (exact) mass is 160 g/mol. The van der Waals surface area contributed by atoms with Crippen LogP contribution in [0.1, 0.15) is 0 Å². The highest BCUT2D eigenvalue weighted by Crippen LogP contribution is 1.81. The predicted octanol–water partition coefficient (Wildman–Crippen LogP) is 0.0652. The largest absolute Gasteiger partial charge is 0.351 e. The number of nitrogens with zero attached hydrogens (tertiary/aromatic N) is 1. The van der Waals surface area contributed by atoms with Gasteiger partial charge in [0.15, 0.2) is 0 Å². The van der Waals surface area contributed by atoms with Crippen molar-refractivity contribution < 1.29 is 4.79 Å². The normalized spacial score (nSPS) is 9.50. The second kappa shape index (κ2) is 5.32. The van der Waals surface area contributed by atoms with Crippen molar-refractivity contribution in [1.82, 2.24) is 9.62 Å². The molecule has 10 heavy (non-hydrogen) atoms. The fourth-order valence-electron chi connectivity index (χ4n) is 0.413. The van der Waals surface area contributed by atoms with Gasteiger partial charge in [0.2, 0.25) is 5.91 Å². The van der Waals surface area contributed by atoms with Crippen molar-refractivity contribution in [3.8, 4) is 0 Å². The molecule has 3 nitrogen and oxygen atoms in total. The van der Waals surface area contributed by atoms with Crippen LogP contribution in [0.15, 0.2) is 12.7 Å². The topological polar surface area (TPSA) is 32.3 Å². The van der Waals surface area contributed by atoms with Gasteiger partial charge in [0.1, 0.15) is 0 Å². The molecule has 0 aliphatic heterocycles. The van der Waals surface area contributed by atoms with Gasteiger partial charge in [0, 0.05) is 13.1 Å². The summed E-state index contributed by atoms with van der Waals surface area (Å²) in [6, 6.07) is 0. The minimum absolute atomic E-state index is 0.143. The van der Waals surface area contributed by atoms with Crippen molar-refractivity contribution in [2.75, 3.05) is 20.1 Å². The van der Waals surface area contributed by atoms with Crippen LogP contribution in [0.5, 0.6) is 0 Å². The van der Waals surface area contributed by atoms with Crippen LogP contribution >= 0.6 is 12.8 Å². The van der Waals surface area contributed by atoms with Crippen LogP contribution in [0.4, 0.5) is 0 Å². The van der Waals surface area contributed by atoms with Crippen LogP contribution in [0.2, 0.25) is 0 Å². The van der Waals surface area contributed by atoms with E-state index in [1.807, 2.05) is 7.05 Å². The Kier molecular flexibility index (Phi) is 5.06. The van der Waals surface area contributed by atoms with Crippen LogP contribution in [0, 0.1) is 0 Å². The molecule has 0 fully saturated rings. The SMILES string of the molecule is C=CC(=O)NCCN(C)S. The molecule has 0 spiro atoms. The number of carbonyl (C=O) groups is 1. The summed E-state index contributed by atoms with van der Waals surface area (Å²) in [5.41, 5.74) is 0. The van der Waals surface area contributed by atoms with Crippen LogP contribution in [-0.4, -0.2) is 30.3 Å². The molecule has 0 saturated carbocycles. The van der Waals surface area contributed by atoms with Gasteiger partial charge in [-0.3, -0.25) is 9.10 Å². The van der Waals surface area contributed by atoms with E-state index in [4.69, 9.17) is 0 Å². The molecule has 0 aromatic rings. The van der Waals surface area contributed by atoms with E-state index in [9.17, 15) is 4.79 Å². The van der Waals surface area contributed by atoms with Crippen molar-refractivity contribution in [1.29, 1.82) is 0 Å². The molecule has 4 heteroatoms. The number of hydrogen-bond acceptors (Lipinski definition) is 3. The lowest BCUT2D eigenvalue weighted by Gasteiger charge is -2.07. The lowest BCUT2D eigenvalue weighted by atomic mass is 10.5. The standard InChI is InChI=1S/C6H12N2OS/c1-3-6(9)7-4-5-8(2)10/h3,10H,1,4-5H2,2H3,(H,7,9). The molecule has 0 unspecified atom stereocenters. The molecule has 0 bridgehead atoms. The van der Waals surface area contributed by atoms with Gasteiger partial charge < -0.3 is 5.32 Å². The molecule has 0 heterocycles. The van der Waals surface area contributed by atoms with Gasteiger partial charge in [-0.2, -0.15) is 0 Å². The van der Waals surface area contributed by atoms with Gasteiger partial charge in [-0.25, -0.2) is 0 Å². The fraction of sp³-hybridized carbons (Fsp3) is 0.500. The number of hydrogen-bond donors (Lipinski definition) is 2. The van der Waals surface area contributed by atoms with E-state index in [1.165, 1.54) is 6.08 Å². The zero-order valence-corrected chi connectivity index (χ0v) is 6.90. The van der Waals surface area contributed by atoms with Crippen molar-refractivity contribution in [3.63, 3.8) is 0 Å². The maximum atomic E-state index is 10.5. The highest BCUT2D eigenvalue weighted by atomic mass is 32.1. The van der Waals surface area contributed by atoms with Crippen molar-refractivity contribution in [3.05, 3.63) is 12.7 Å². The summed E-state index contributed by atoms with van der Waals surface area (Å²) < 4.78 is 1.70. The lowest BCUT2D eigenvalue weighted by Crippen LogP contribution is -2.28. The number of rotatable bonds is 4. The quantitative estimate of drug-likeness (QED) is 0.450. The van der Waals surface area contributed by atoms with Crippen molar-refractivity contribution in [2.45, 2.75) is 0 Å². The Morgan fingerprint density at radius 1 is 1.90 bits per heavy atom. The van der Waals surface area contributed by atoms with Gasteiger partial charge >= 0.3 is 0 Å². The Morgan fingerprint density at radius 2 is 2.50 bits per heavy atom. The zero-order valence-electron chi connectivity index (χ0n) is 6.00. The Labute approximate surface area is 66.6 Å². The van der Waals surface area contributed by atoms with Gasteiger partial charge in [0.05, 0.1) is 0 Å². The average molecular weight is 160 g/mol. The smallest absolute Gasteiger partial charge is 0.243 e. The van der Waals surface area contributed by atoms with Crippen LogP contribution in [0.3, 0.4) is 0 Å². The Hall–Kier alpha value is -0.480. The highest BCUT2D eigenvalue weighted by molar-refractivity contribution is 7.77. The third-order valence-electron chi connectivity index (χ3n) is 0.920. The van der Waals surface area contributed by atoms with E-state index in [0.717, 1.165) is 6.54 Å². The summed E-state index contributed by atoms with van der Waals surface area (Å²) in [7, 11) is 1.82. The molecule has 0 radical (unpaired) electrons. The minimum Gasteiger partial charge on any atom is -0.351 e. The molecule has 1 amide bonds. The Morgan fingerprint density at radius 3 is 2.90 bits per heavy atom. The molecule has 0 rings (SSSR count). The summed E-state index contributed by atoms with van der Waals surface area (Å²) in [4.78, 5) is 10.5. The van der Waals surface area contributed by atoms with Crippen molar-refractivity contribution >= 4 is 18.7 Å². The first-order valence-electron chi connectivity index (χ1n) is 2.97. The Bertz CT molecular complexity index is 125. The summed E-state index contributed by atoms with van der Waals surface area (Å²) in [6.07, 6.45) is 1.25. The summed E-state index contributed by atoms with van der Waals surface area (Å²) in [5, 5.41) is 2.62. The van der Waals surface area contributed by atoms with Crippen LogP contribution < -0.4 is 5.32 Å². The predicted molar refractivity (Wildman–Crippen MR) is 44.8 cm³/mol. The number of thiol groups is 1. The molecule has 0 saturated heterocycles. The molecule has 1 N–H and O–H groups in total. The molecule has 0 aliphatic carbocycles. The summed E-state index contributed by atoms with van der Waals surface area (Å²) >= 11 is 3.99. The first-order chi connectivity index (χ1) is 4.66. The fourth-order valence-corrected chi connectivity index (χ4v) is 0.513.